The van der Waals surface area contributed by atoms with Crippen molar-refractivity contribution in [3.05, 3.63) is 50.2 Å². The summed E-state index contributed by atoms with van der Waals surface area (Å²) in [6.07, 6.45) is 0. The van der Waals surface area contributed by atoms with Crippen LogP contribution in [0.2, 0.25) is 0 Å². The number of nitro groups is 1. The summed E-state index contributed by atoms with van der Waals surface area (Å²) >= 11 is 0.984. The number of carboxylic acids is 1. The molecule has 0 aliphatic heterocycles. The van der Waals surface area contributed by atoms with Gasteiger partial charge in [-0.15, -0.1) is 11.3 Å². The van der Waals surface area contributed by atoms with Crippen molar-refractivity contribution in [2.24, 2.45) is 0 Å². The highest BCUT2D eigenvalue weighted by molar-refractivity contribution is 7.12. The average Bonchev–Trinajstić information content (AvgIpc) is 2.87. The van der Waals surface area contributed by atoms with Crippen molar-refractivity contribution in [3.63, 3.8) is 0 Å². The zero-order valence-corrected chi connectivity index (χ0v) is 10.6. The maximum Gasteiger partial charge on any atom is 0.346 e. The Balaban J connectivity index is 2.29. The number of thiophene rings is 1. The van der Waals surface area contributed by atoms with Crippen molar-refractivity contribution in [1.82, 2.24) is 0 Å². The third-order valence-electron chi connectivity index (χ3n) is 2.31. The predicted molar refractivity (Wildman–Crippen MR) is 69.2 cm³/mol. The van der Waals surface area contributed by atoms with Gasteiger partial charge in [0, 0.05) is 11.4 Å². The van der Waals surface area contributed by atoms with Crippen LogP contribution in [-0.4, -0.2) is 16.0 Å². The first-order valence-corrected chi connectivity index (χ1v) is 6.07. The van der Waals surface area contributed by atoms with E-state index in [0.29, 0.717) is 0 Å². The van der Waals surface area contributed by atoms with E-state index in [1.807, 2.05) is 0 Å². The number of nitro benzene ring substituents is 1. The SMILES string of the molecule is N#Cc1ccc(Oc2csc(C(=O)O)c2)cc1[N+](=O)[O-]. The van der Waals surface area contributed by atoms with Gasteiger partial charge in [-0.1, -0.05) is 0 Å². The number of hydrogen-bond acceptors (Lipinski definition) is 6. The number of nitrogens with zero attached hydrogens (tertiary/aromatic N) is 2. The summed E-state index contributed by atoms with van der Waals surface area (Å²) in [5.74, 6) is -0.646. The number of aromatic carboxylic acids is 1. The summed E-state index contributed by atoms with van der Waals surface area (Å²) in [7, 11) is 0. The molecule has 0 aliphatic rings. The highest BCUT2D eigenvalue weighted by Crippen LogP contribution is 2.30. The first-order chi connectivity index (χ1) is 9.51. The molecule has 0 spiro atoms. The van der Waals surface area contributed by atoms with Crippen LogP contribution in [0.1, 0.15) is 15.2 Å². The summed E-state index contributed by atoms with van der Waals surface area (Å²) in [4.78, 5) is 20.9. The largest absolute Gasteiger partial charge is 0.477 e. The fourth-order valence-corrected chi connectivity index (χ4v) is 2.09. The van der Waals surface area contributed by atoms with Crippen LogP contribution >= 0.6 is 11.3 Å². The highest BCUT2D eigenvalue weighted by atomic mass is 32.1. The number of hydrogen-bond donors (Lipinski definition) is 1. The lowest BCUT2D eigenvalue weighted by atomic mass is 10.2. The molecule has 1 aromatic carbocycles. The van der Waals surface area contributed by atoms with Crippen LogP contribution < -0.4 is 4.74 Å². The van der Waals surface area contributed by atoms with Crippen LogP contribution in [0.4, 0.5) is 5.69 Å². The number of carbonyl (C=O) groups is 1. The molecule has 8 heteroatoms. The molecule has 0 bridgehead atoms. The van der Waals surface area contributed by atoms with Gasteiger partial charge in [-0.2, -0.15) is 5.26 Å². The Morgan fingerprint density at radius 1 is 1.40 bits per heavy atom. The third kappa shape index (κ3) is 2.73. The van der Waals surface area contributed by atoms with Crippen LogP contribution in [0.3, 0.4) is 0 Å². The molecule has 100 valence electrons. The van der Waals surface area contributed by atoms with E-state index < -0.39 is 10.9 Å². The van der Waals surface area contributed by atoms with Gasteiger partial charge in [0.2, 0.25) is 0 Å². The van der Waals surface area contributed by atoms with Crippen molar-refractivity contribution in [1.29, 1.82) is 5.26 Å². The molecule has 0 amide bonds. The first kappa shape index (κ1) is 13.5. The fraction of sp³-hybridized carbons (Fsp3) is 0. The summed E-state index contributed by atoms with van der Waals surface area (Å²) in [5, 5.41) is 29.8. The van der Waals surface area contributed by atoms with E-state index >= 15 is 0 Å². The molecule has 0 fully saturated rings. The van der Waals surface area contributed by atoms with Crippen molar-refractivity contribution < 1.29 is 19.6 Å². The quantitative estimate of drug-likeness (QED) is 0.683. The lowest BCUT2D eigenvalue weighted by molar-refractivity contribution is -0.385. The molecule has 0 saturated carbocycles. The van der Waals surface area contributed by atoms with Gasteiger partial charge in [-0.05, 0) is 12.1 Å². The van der Waals surface area contributed by atoms with Crippen molar-refractivity contribution in [2.45, 2.75) is 0 Å². The van der Waals surface area contributed by atoms with Gasteiger partial charge in [-0.3, -0.25) is 10.1 Å². The second-order valence-electron chi connectivity index (χ2n) is 3.60. The molecular weight excluding hydrogens is 284 g/mol. The fourth-order valence-electron chi connectivity index (χ4n) is 1.44. The molecule has 1 heterocycles. The van der Waals surface area contributed by atoms with Crippen molar-refractivity contribution in [3.8, 4) is 17.6 Å². The Labute approximate surface area is 116 Å². The minimum atomic E-state index is -1.07. The lowest BCUT2D eigenvalue weighted by Gasteiger charge is -2.03. The van der Waals surface area contributed by atoms with E-state index in [0.717, 1.165) is 17.4 Å². The Bertz CT molecular complexity index is 732. The summed E-state index contributed by atoms with van der Waals surface area (Å²) in [6, 6.07) is 6.83. The van der Waals surface area contributed by atoms with E-state index in [2.05, 4.69) is 0 Å². The van der Waals surface area contributed by atoms with Crippen LogP contribution in [0.15, 0.2) is 29.6 Å². The maximum atomic E-state index is 10.8. The molecule has 0 aliphatic carbocycles. The van der Waals surface area contributed by atoms with Gasteiger partial charge >= 0.3 is 5.97 Å². The zero-order chi connectivity index (χ0) is 14.7. The molecular formula is C12H6N2O5S. The Morgan fingerprint density at radius 2 is 2.15 bits per heavy atom. The monoisotopic (exact) mass is 290 g/mol. The standard InChI is InChI=1S/C12H6N2O5S/c13-5-7-1-2-8(3-10(7)14(17)18)19-9-4-11(12(15)16)20-6-9/h1-4,6H,(H,15,16). The summed E-state index contributed by atoms with van der Waals surface area (Å²) in [5.41, 5.74) is -0.433. The van der Waals surface area contributed by atoms with E-state index in [-0.39, 0.29) is 27.6 Å². The van der Waals surface area contributed by atoms with E-state index in [9.17, 15) is 14.9 Å². The molecule has 0 saturated heterocycles. The van der Waals surface area contributed by atoms with Gasteiger partial charge in [0.15, 0.2) is 0 Å². The molecule has 7 nitrogen and oxygen atoms in total. The second kappa shape index (κ2) is 5.38. The molecule has 0 unspecified atom stereocenters. The molecule has 1 aromatic heterocycles. The first-order valence-electron chi connectivity index (χ1n) is 5.19. The van der Waals surface area contributed by atoms with E-state index in [1.165, 1.54) is 23.6 Å². The maximum absolute atomic E-state index is 10.8. The van der Waals surface area contributed by atoms with E-state index in [1.54, 1.807) is 6.07 Å². The molecule has 20 heavy (non-hydrogen) atoms. The van der Waals surface area contributed by atoms with Gasteiger partial charge < -0.3 is 9.84 Å². The highest BCUT2D eigenvalue weighted by Gasteiger charge is 2.16. The minimum absolute atomic E-state index is 0.0705. The van der Waals surface area contributed by atoms with E-state index in [4.69, 9.17) is 15.1 Å². The predicted octanol–water partition coefficient (Wildman–Crippen LogP) is 3.02. The number of rotatable bonds is 4. The lowest BCUT2D eigenvalue weighted by Crippen LogP contribution is -1.93. The van der Waals surface area contributed by atoms with Crippen LogP contribution in [0.5, 0.6) is 11.5 Å². The third-order valence-corrected chi connectivity index (χ3v) is 3.20. The molecule has 0 radical (unpaired) electrons. The molecule has 0 atom stereocenters. The van der Waals surface area contributed by atoms with Gasteiger partial charge in [0.05, 0.1) is 11.0 Å². The van der Waals surface area contributed by atoms with Gasteiger partial charge in [-0.25, -0.2) is 4.79 Å². The molecule has 1 N–H and O–H groups in total. The molecule has 2 rings (SSSR count). The number of benzene rings is 1. The summed E-state index contributed by atoms with van der Waals surface area (Å²) < 4.78 is 5.33. The van der Waals surface area contributed by atoms with Gasteiger partial charge in [0.1, 0.15) is 28.0 Å². The second-order valence-corrected chi connectivity index (χ2v) is 4.51. The number of carboxylic acid groups (broad SMARTS) is 1. The Hall–Kier alpha value is -2.92. The van der Waals surface area contributed by atoms with Gasteiger partial charge in [0.25, 0.3) is 5.69 Å². The Kier molecular flexibility index (Phi) is 3.63. The van der Waals surface area contributed by atoms with Crippen molar-refractivity contribution in [2.75, 3.05) is 0 Å². The molecule has 2 aromatic rings. The Morgan fingerprint density at radius 3 is 2.70 bits per heavy atom. The average molecular weight is 290 g/mol. The number of nitriles is 1. The summed E-state index contributed by atoms with van der Waals surface area (Å²) in [6.45, 7) is 0. The zero-order valence-electron chi connectivity index (χ0n) is 9.77. The van der Waals surface area contributed by atoms with Crippen molar-refractivity contribution >= 4 is 23.0 Å². The van der Waals surface area contributed by atoms with Crippen LogP contribution in [0, 0.1) is 21.4 Å². The number of ether oxygens (including phenoxy) is 1. The van der Waals surface area contributed by atoms with Crippen LogP contribution in [-0.2, 0) is 0 Å². The smallest absolute Gasteiger partial charge is 0.346 e. The van der Waals surface area contributed by atoms with Crippen LogP contribution in [0.25, 0.3) is 0 Å². The minimum Gasteiger partial charge on any atom is -0.477 e. The normalized spacial score (nSPS) is 9.75. The topological polar surface area (TPSA) is 113 Å².